The second-order valence-corrected chi connectivity index (χ2v) is 0.989. The fourth-order valence-corrected chi connectivity index (χ4v) is 0.231. The van der Waals surface area contributed by atoms with Crippen molar-refractivity contribution in [1.29, 1.82) is 0 Å². The molecular formula is C4H10ClNO3. The molecule has 0 bridgehead atoms. The van der Waals surface area contributed by atoms with E-state index < -0.39 is 6.16 Å². The van der Waals surface area contributed by atoms with Crippen molar-refractivity contribution in [3.8, 4) is 0 Å². The van der Waals surface area contributed by atoms with E-state index in [0.717, 1.165) is 0 Å². The van der Waals surface area contributed by atoms with Gasteiger partial charge in [-0.15, -0.1) is 12.4 Å². The maximum absolute atomic E-state index is 10.1. The van der Waals surface area contributed by atoms with Crippen LogP contribution < -0.4 is 5.48 Å². The molecule has 0 aromatic carbocycles. The first-order valence-electron chi connectivity index (χ1n) is 2.31. The minimum absolute atomic E-state index is 0. The number of hydrogen-bond acceptors (Lipinski definition) is 4. The number of halogens is 1. The largest absolute Gasteiger partial charge is 0.527 e. The van der Waals surface area contributed by atoms with Gasteiger partial charge in [-0.3, -0.25) is 0 Å². The first-order chi connectivity index (χ1) is 3.81. The van der Waals surface area contributed by atoms with Gasteiger partial charge in [0, 0.05) is 7.05 Å². The summed E-state index contributed by atoms with van der Waals surface area (Å²) in [5.41, 5.74) is 2.18. The van der Waals surface area contributed by atoms with Gasteiger partial charge in [-0.05, 0) is 6.92 Å². The number of carbonyl (C=O) groups excluding carboxylic acids is 1. The molecule has 0 fully saturated rings. The van der Waals surface area contributed by atoms with Crippen molar-refractivity contribution >= 4 is 18.6 Å². The van der Waals surface area contributed by atoms with Gasteiger partial charge in [0.2, 0.25) is 0 Å². The Morgan fingerprint density at radius 1 is 1.67 bits per heavy atom. The summed E-state index contributed by atoms with van der Waals surface area (Å²) in [4.78, 5) is 14.3. The van der Waals surface area contributed by atoms with Gasteiger partial charge in [-0.1, -0.05) is 0 Å². The molecule has 0 aromatic heterocycles. The molecule has 0 aromatic rings. The van der Waals surface area contributed by atoms with Crippen molar-refractivity contribution < 1.29 is 14.4 Å². The molecule has 4 nitrogen and oxygen atoms in total. The summed E-state index contributed by atoms with van der Waals surface area (Å²) < 4.78 is 4.36. The minimum atomic E-state index is -0.699. The van der Waals surface area contributed by atoms with E-state index in [1.165, 1.54) is 7.05 Å². The summed E-state index contributed by atoms with van der Waals surface area (Å²) in [5.74, 6) is 0. The molecule has 0 rings (SSSR count). The van der Waals surface area contributed by atoms with Crippen LogP contribution in [-0.2, 0) is 9.57 Å². The van der Waals surface area contributed by atoms with Crippen LogP contribution in [0.25, 0.3) is 0 Å². The second-order valence-electron chi connectivity index (χ2n) is 0.989. The molecule has 1 N–H and O–H groups in total. The highest BCUT2D eigenvalue weighted by Crippen LogP contribution is 1.77. The summed E-state index contributed by atoms with van der Waals surface area (Å²) in [6.07, 6.45) is -0.699. The summed E-state index contributed by atoms with van der Waals surface area (Å²) in [5, 5.41) is 0. The van der Waals surface area contributed by atoms with E-state index >= 15 is 0 Å². The predicted molar refractivity (Wildman–Crippen MR) is 34.4 cm³/mol. The summed E-state index contributed by atoms with van der Waals surface area (Å²) >= 11 is 0. The molecule has 0 aliphatic rings. The molecule has 0 amide bonds. The SMILES string of the molecule is CCOC(=O)ONC.Cl. The third-order valence-electron chi connectivity index (χ3n) is 0.448. The summed E-state index contributed by atoms with van der Waals surface area (Å²) in [7, 11) is 1.48. The maximum atomic E-state index is 10.1. The van der Waals surface area contributed by atoms with E-state index in [-0.39, 0.29) is 12.4 Å². The Labute approximate surface area is 59.9 Å². The molecule has 0 saturated heterocycles. The average molecular weight is 156 g/mol. The van der Waals surface area contributed by atoms with E-state index in [0.29, 0.717) is 6.61 Å². The number of ether oxygens (including phenoxy) is 1. The third kappa shape index (κ3) is 7.52. The van der Waals surface area contributed by atoms with Crippen molar-refractivity contribution in [2.24, 2.45) is 0 Å². The quantitative estimate of drug-likeness (QED) is 0.472. The van der Waals surface area contributed by atoms with Crippen molar-refractivity contribution in [1.82, 2.24) is 5.48 Å². The Bertz CT molecular complexity index is 70.2. The molecular weight excluding hydrogens is 146 g/mol. The fraction of sp³-hybridized carbons (Fsp3) is 0.750. The van der Waals surface area contributed by atoms with Crippen LogP contribution in [0.3, 0.4) is 0 Å². The monoisotopic (exact) mass is 155 g/mol. The number of hydroxylamine groups is 1. The zero-order chi connectivity index (χ0) is 6.41. The summed E-state index contributed by atoms with van der Waals surface area (Å²) in [6, 6.07) is 0. The van der Waals surface area contributed by atoms with Gasteiger partial charge in [-0.25, -0.2) is 4.79 Å². The van der Waals surface area contributed by atoms with Gasteiger partial charge in [0.25, 0.3) is 0 Å². The number of carbonyl (C=O) groups is 1. The van der Waals surface area contributed by atoms with Crippen LogP contribution in [0.1, 0.15) is 6.92 Å². The van der Waals surface area contributed by atoms with Gasteiger partial charge < -0.3 is 9.57 Å². The van der Waals surface area contributed by atoms with Gasteiger partial charge in [0.05, 0.1) is 6.61 Å². The number of hydrogen-bond donors (Lipinski definition) is 1. The van der Waals surface area contributed by atoms with Crippen LogP contribution >= 0.6 is 12.4 Å². The van der Waals surface area contributed by atoms with E-state index in [4.69, 9.17) is 0 Å². The Hall–Kier alpha value is -0.480. The lowest BCUT2D eigenvalue weighted by Crippen LogP contribution is -2.15. The van der Waals surface area contributed by atoms with Crippen LogP contribution in [-0.4, -0.2) is 19.8 Å². The zero-order valence-corrected chi connectivity index (χ0v) is 6.16. The highest BCUT2D eigenvalue weighted by Gasteiger charge is 1.96. The standard InChI is InChI=1S/C4H9NO3.ClH/c1-3-7-4(6)8-5-2;/h5H,3H2,1-2H3;1H. The number of rotatable bonds is 2. The van der Waals surface area contributed by atoms with E-state index in [1.54, 1.807) is 6.92 Å². The molecule has 0 aliphatic carbocycles. The van der Waals surface area contributed by atoms with Gasteiger partial charge in [0.15, 0.2) is 0 Å². The first-order valence-corrected chi connectivity index (χ1v) is 2.31. The molecule has 0 aliphatic heterocycles. The van der Waals surface area contributed by atoms with Gasteiger partial charge >= 0.3 is 6.16 Å². The maximum Gasteiger partial charge on any atom is 0.527 e. The van der Waals surface area contributed by atoms with Crippen molar-refractivity contribution in [3.63, 3.8) is 0 Å². The smallest absolute Gasteiger partial charge is 0.433 e. The lowest BCUT2D eigenvalue weighted by molar-refractivity contribution is 0.0274. The Kier molecular flexibility index (Phi) is 9.47. The second kappa shape index (κ2) is 7.52. The van der Waals surface area contributed by atoms with Crippen LogP contribution in [0.15, 0.2) is 0 Å². The normalized spacial score (nSPS) is 7.33. The lowest BCUT2D eigenvalue weighted by Gasteiger charge is -1.98. The van der Waals surface area contributed by atoms with Gasteiger partial charge in [0.1, 0.15) is 0 Å². The van der Waals surface area contributed by atoms with Crippen LogP contribution in [0.2, 0.25) is 0 Å². The topological polar surface area (TPSA) is 47.6 Å². The molecule has 0 atom stereocenters. The van der Waals surface area contributed by atoms with E-state index in [9.17, 15) is 4.79 Å². The van der Waals surface area contributed by atoms with Gasteiger partial charge in [-0.2, -0.15) is 5.48 Å². The zero-order valence-electron chi connectivity index (χ0n) is 5.34. The van der Waals surface area contributed by atoms with Crippen LogP contribution in [0.4, 0.5) is 4.79 Å². The number of nitrogens with one attached hydrogen (secondary N) is 1. The third-order valence-corrected chi connectivity index (χ3v) is 0.448. The molecule has 56 valence electrons. The van der Waals surface area contributed by atoms with Crippen molar-refractivity contribution in [2.75, 3.05) is 13.7 Å². The molecule has 5 heteroatoms. The average Bonchev–Trinajstić information content (AvgIpc) is 1.68. The molecule has 0 radical (unpaired) electrons. The Morgan fingerprint density at radius 2 is 2.22 bits per heavy atom. The highest BCUT2D eigenvalue weighted by atomic mass is 35.5. The van der Waals surface area contributed by atoms with Crippen LogP contribution in [0.5, 0.6) is 0 Å². The van der Waals surface area contributed by atoms with Crippen molar-refractivity contribution in [2.45, 2.75) is 6.92 Å². The fourth-order valence-electron chi connectivity index (χ4n) is 0.231. The molecule has 9 heavy (non-hydrogen) atoms. The van der Waals surface area contributed by atoms with E-state index in [1.807, 2.05) is 0 Å². The summed E-state index contributed by atoms with van der Waals surface area (Å²) in [6.45, 7) is 2.04. The minimum Gasteiger partial charge on any atom is -0.433 e. The first kappa shape index (κ1) is 11.3. The molecule has 0 unspecified atom stereocenters. The highest BCUT2D eigenvalue weighted by molar-refractivity contribution is 5.85. The predicted octanol–water partition coefficient (Wildman–Crippen LogP) is 0.716. The van der Waals surface area contributed by atoms with E-state index in [2.05, 4.69) is 15.1 Å². The lowest BCUT2D eigenvalue weighted by atomic mass is 10.9. The Balaban J connectivity index is 0. The Morgan fingerprint density at radius 3 is 2.56 bits per heavy atom. The molecule has 0 heterocycles. The molecule has 0 spiro atoms. The van der Waals surface area contributed by atoms with Crippen molar-refractivity contribution in [3.05, 3.63) is 0 Å². The molecule has 0 saturated carbocycles. The van der Waals surface area contributed by atoms with Crippen LogP contribution in [0, 0.1) is 0 Å².